The molecule has 0 saturated carbocycles. The van der Waals surface area contributed by atoms with Crippen molar-refractivity contribution in [1.82, 2.24) is 14.8 Å². The van der Waals surface area contributed by atoms with Crippen LogP contribution in [-0.4, -0.2) is 26.6 Å². The van der Waals surface area contributed by atoms with Crippen LogP contribution in [0, 0.1) is 11.8 Å². The maximum Gasteiger partial charge on any atom is 0.263 e. The number of anilines is 2. The number of nitrogens with zero attached hydrogens (tertiary/aromatic N) is 3. The molecule has 0 aromatic carbocycles. The van der Waals surface area contributed by atoms with Crippen molar-refractivity contribution in [3.8, 4) is 0 Å². The zero-order valence-corrected chi connectivity index (χ0v) is 8.39. The Hall–Kier alpha value is -1.92. The highest BCUT2D eigenvalue weighted by atomic mass is 16.2. The molecule has 0 fully saturated rings. The summed E-state index contributed by atoms with van der Waals surface area (Å²) in [7, 11) is 0. The molecule has 2 rings (SSSR count). The number of carbonyl (C=O) groups excluding carboxylic acids is 2. The number of nitrogen functional groups attached to an aromatic ring is 1. The number of rotatable bonds is 1. The van der Waals surface area contributed by atoms with Crippen molar-refractivity contribution in [1.29, 1.82) is 0 Å². The number of nitrogens with two attached hydrogens (primary N) is 1. The Morgan fingerprint density at radius 3 is 2.73 bits per heavy atom. The van der Waals surface area contributed by atoms with E-state index in [1.165, 1.54) is 0 Å². The summed E-state index contributed by atoms with van der Waals surface area (Å²) in [5, 5.41) is 6.21. The average molecular weight is 209 g/mol. The van der Waals surface area contributed by atoms with Crippen LogP contribution in [0.25, 0.3) is 0 Å². The van der Waals surface area contributed by atoms with Gasteiger partial charge in [-0.25, -0.2) is 0 Å². The second-order valence-electron chi connectivity index (χ2n) is 3.75. The Labute approximate surface area is 85.7 Å². The second kappa shape index (κ2) is 3.04. The molecule has 1 aliphatic rings. The van der Waals surface area contributed by atoms with Gasteiger partial charge in [0, 0.05) is 0 Å². The van der Waals surface area contributed by atoms with E-state index in [0.717, 1.165) is 4.68 Å². The van der Waals surface area contributed by atoms with E-state index in [4.69, 9.17) is 5.73 Å². The van der Waals surface area contributed by atoms with E-state index < -0.39 is 5.92 Å². The quantitative estimate of drug-likeness (QED) is 0.619. The molecule has 0 bridgehead atoms. The average Bonchev–Trinajstić information content (AvgIpc) is 2.45. The van der Waals surface area contributed by atoms with Crippen LogP contribution in [0.15, 0.2) is 0 Å². The molecule has 1 aromatic heterocycles. The summed E-state index contributed by atoms with van der Waals surface area (Å²) in [6, 6.07) is 0. The van der Waals surface area contributed by atoms with Crippen LogP contribution >= 0.6 is 0 Å². The molecule has 1 aromatic rings. The van der Waals surface area contributed by atoms with Gasteiger partial charge in [0.25, 0.3) is 5.91 Å². The first-order valence-electron chi connectivity index (χ1n) is 4.58. The molecule has 1 atom stereocenters. The van der Waals surface area contributed by atoms with Crippen molar-refractivity contribution in [2.24, 2.45) is 11.8 Å². The van der Waals surface area contributed by atoms with Crippen molar-refractivity contribution in [3.05, 3.63) is 0 Å². The van der Waals surface area contributed by atoms with Crippen molar-refractivity contribution in [2.45, 2.75) is 13.8 Å². The fourth-order valence-corrected chi connectivity index (χ4v) is 1.58. The van der Waals surface area contributed by atoms with Crippen LogP contribution in [0.3, 0.4) is 0 Å². The maximum atomic E-state index is 11.8. The molecule has 1 unspecified atom stereocenters. The molecule has 0 radical (unpaired) electrons. The maximum absolute atomic E-state index is 11.8. The smallest absolute Gasteiger partial charge is 0.263 e. The standard InChI is InChI=1S/C8H11N5O2/c1-3(2)4-5(14)10-8-11-7(9)12-13(8)6(4)15/h3-4H,1-2H3,(H3,9,10,11,12,14). The van der Waals surface area contributed by atoms with Crippen molar-refractivity contribution in [2.75, 3.05) is 11.1 Å². The highest BCUT2D eigenvalue weighted by molar-refractivity contribution is 6.10. The van der Waals surface area contributed by atoms with Gasteiger partial charge in [0.1, 0.15) is 5.92 Å². The Kier molecular flexibility index (Phi) is 1.95. The first-order valence-corrected chi connectivity index (χ1v) is 4.58. The lowest BCUT2D eigenvalue weighted by atomic mass is 9.93. The molecule has 7 heteroatoms. The molecule has 1 amide bonds. The normalized spacial score (nSPS) is 20.3. The van der Waals surface area contributed by atoms with E-state index in [1.54, 1.807) is 13.8 Å². The molecule has 0 aliphatic carbocycles. The van der Waals surface area contributed by atoms with E-state index in [-0.39, 0.29) is 29.6 Å². The zero-order chi connectivity index (χ0) is 11.2. The van der Waals surface area contributed by atoms with Crippen LogP contribution < -0.4 is 11.1 Å². The SMILES string of the molecule is CC(C)C1C(=O)Nc2nc(N)nn2C1=O. The molecule has 7 nitrogen and oxygen atoms in total. The first kappa shape index (κ1) is 9.63. The van der Waals surface area contributed by atoms with Gasteiger partial charge in [-0.1, -0.05) is 13.8 Å². The van der Waals surface area contributed by atoms with Crippen LogP contribution in [-0.2, 0) is 4.79 Å². The fourth-order valence-electron chi connectivity index (χ4n) is 1.58. The molecule has 15 heavy (non-hydrogen) atoms. The molecule has 1 aliphatic heterocycles. The van der Waals surface area contributed by atoms with Gasteiger partial charge < -0.3 is 5.73 Å². The second-order valence-corrected chi connectivity index (χ2v) is 3.75. The minimum atomic E-state index is -0.724. The van der Waals surface area contributed by atoms with Gasteiger partial charge in [-0.05, 0) is 5.92 Å². The van der Waals surface area contributed by atoms with Gasteiger partial charge in [0.2, 0.25) is 17.8 Å². The van der Waals surface area contributed by atoms with Crippen molar-refractivity contribution in [3.63, 3.8) is 0 Å². The van der Waals surface area contributed by atoms with E-state index in [0.29, 0.717) is 0 Å². The van der Waals surface area contributed by atoms with Gasteiger partial charge >= 0.3 is 0 Å². The Balaban J connectivity index is 2.47. The predicted molar refractivity (Wildman–Crippen MR) is 52.0 cm³/mol. The summed E-state index contributed by atoms with van der Waals surface area (Å²) >= 11 is 0. The van der Waals surface area contributed by atoms with Gasteiger partial charge in [0.15, 0.2) is 0 Å². The third kappa shape index (κ3) is 1.36. The summed E-state index contributed by atoms with van der Waals surface area (Å²) in [4.78, 5) is 27.1. The largest absolute Gasteiger partial charge is 0.366 e. The fraction of sp³-hybridized carbons (Fsp3) is 0.500. The van der Waals surface area contributed by atoms with Gasteiger partial charge in [-0.3, -0.25) is 14.9 Å². The number of carbonyl (C=O) groups is 2. The molecule has 3 N–H and O–H groups in total. The zero-order valence-electron chi connectivity index (χ0n) is 8.39. The van der Waals surface area contributed by atoms with Crippen LogP contribution in [0.2, 0.25) is 0 Å². The Bertz CT molecular complexity index is 436. The van der Waals surface area contributed by atoms with E-state index in [2.05, 4.69) is 15.4 Å². The summed E-state index contributed by atoms with van der Waals surface area (Å²) in [5.74, 6) is -1.47. The number of hydrogen-bond acceptors (Lipinski definition) is 5. The number of amides is 1. The summed E-state index contributed by atoms with van der Waals surface area (Å²) < 4.78 is 1.04. The minimum absolute atomic E-state index is 0.0249. The molecular formula is C8H11N5O2. The summed E-state index contributed by atoms with van der Waals surface area (Å²) in [6.07, 6.45) is 0. The predicted octanol–water partition coefficient (Wildman–Crippen LogP) is -0.275. The van der Waals surface area contributed by atoms with Crippen LogP contribution in [0.5, 0.6) is 0 Å². The molecular weight excluding hydrogens is 198 g/mol. The van der Waals surface area contributed by atoms with Crippen molar-refractivity contribution < 1.29 is 9.59 Å². The van der Waals surface area contributed by atoms with Gasteiger partial charge in [0.05, 0.1) is 0 Å². The van der Waals surface area contributed by atoms with Crippen molar-refractivity contribution >= 4 is 23.7 Å². The summed E-state index contributed by atoms with van der Waals surface area (Å²) in [5.41, 5.74) is 5.34. The Morgan fingerprint density at radius 2 is 2.13 bits per heavy atom. The molecule has 0 saturated heterocycles. The molecule has 80 valence electrons. The summed E-state index contributed by atoms with van der Waals surface area (Å²) in [6.45, 7) is 3.60. The van der Waals surface area contributed by atoms with Crippen LogP contribution in [0.4, 0.5) is 11.9 Å². The Morgan fingerprint density at radius 1 is 1.47 bits per heavy atom. The highest BCUT2D eigenvalue weighted by Gasteiger charge is 2.38. The van der Waals surface area contributed by atoms with Gasteiger partial charge in [-0.2, -0.15) is 9.67 Å². The number of nitrogens with one attached hydrogen (secondary N) is 1. The number of aromatic nitrogens is 3. The third-order valence-electron chi connectivity index (χ3n) is 2.28. The lowest BCUT2D eigenvalue weighted by Gasteiger charge is -2.22. The highest BCUT2D eigenvalue weighted by Crippen LogP contribution is 2.22. The van der Waals surface area contributed by atoms with E-state index in [1.807, 2.05) is 0 Å². The third-order valence-corrected chi connectivity index (χ3v) is 2.28. The lowest BCUT2D eigenvalue weighted by Crippen LogP contribution is -2.42. The topological polar surface area (TPSA) is 103 Å². The van der Waals surface area contributed by atoms with E-state index >= 15 is 0 Å². The lowest BCUT2D eigenvalue weighted by molar-refractivity contribution is -0.120. The van der Waals surface area contributed by atoms with E-state index in [9.17, 15) is 9.59 Å². The van der Waals surface area contributed by atoms with Crippen LogP contribution in [0.1, 0.15) is 18.6 Å². The minimum Gasteiger partial charge on any atom is -0.366 e. The monoisotopic (exact) mass is 209 g/mol. The number of hydrogen-bond donors (Lipinski definition) is 2. The van der Waals surface area contributed by atoms with Gasteiger partial charge in [-0.15, -0.1) is 5.10 Å². The first-order chi connectivity index (χ1) is 7.00. The number of fused-ring (bicyclic) bond motifs is 1. The molecule has 2 heterocycles. The molecule has 0 spiro atoms.